The van der Waals surface area contributed by atoms with Crippen LogP contribution in [0.2, 0.25) is 0 Å². The molecule has 0 saturated heterocycles. The average Bonchev–Trinajstić information content (AvgIpc) is 3.21. The molecule has 2 aromatic carbocycles. The van der Waals surface area contributed by atoms with E-state index in [1.54, 1.807) is 6.08 Å². The van der Waals surface area contributed by atoms with E-state index in [1.165, 1.54) is 5.57 Å². The summed E-state index contributed by atoms with van der Waals surface area (Å²) >= 11 is 0. The first-order valence-corrected chi connectivity index (χ1v) is 13.0. The second-order valence-corrected chi connectivity index (χ2v) is 10.7. The highest BCUT2D eigenvalue weighted by molar-refractivity contribution is 7.75. The third kappa shape index (κ3) is 4.40. The van der Waals surface area contributed by atoms with Gasteiger partial charge in [-0.05, 0) is 37.5 Å². The minimum Gasteiger partial charge on any atom is -0.320 e. The molecule has 4 rings (SSSR count). The summed E-state index contributed by atoms with van der Waals surface area (Å²) in [6.45, 7) is 6.48. The van der Waals surface area contributed by atoms with E-state index >= 15 is 0 Å². The van der Waals surface area contributed by atoms with E-state index in [4.69, 9.17) is 4.98 Å². The molecule has 1 aliphatic rings. The highest BCUT2D eigenvalue weighted by Gasteiger charge is 2.26. The van der Waals surface area contributed by atoms with Crippen molar-refractivity contribution in [2.75, 3.05) is 6.16 Å². The molecular formula is C28H29N2OP. The summed E-state index contributed by atoms with van der Waals surface area (Å²) in [4.78, 5) is 4.92. The maximum absolute atomic E-state index is 14.0. The van der Waals surface area contributed by atoms with Gasteiger partial charge in [0.05, 0.1) is 11.0 Å². The van der Waals surface area contributed by atoms with Gasteiger partial charge in [0, 0.05) is 23.3 Å². The molecular weight excluding hydrogens is 411 g/mol. The van der Waals surface area contributed by atoms with Crippen molar-refractivity contribution in [1.29, 1.82) is 0 Å². The molecule has 1 aliphatic carbocycles. The Morgan fingerprint density at radius 1 is 1.16 bits per heavy atom. The van der Waals surface area contributed by atoms with Gasteiger partial charge in [0.25, 0.3) is 0 Å². The summed E-state index contributed by atoms with van der Waals surface area (Å²) in [6.07, 6.45) is 16.8. The largest absolute Gasteiger partial charge is 0.320 e. The van der Waals surface area contributed by atoms with Crippen molar-refractivity contribution in [1.82, 2.24) is 9.55 Å². The van der Waals surface area contributed by atoms with E-state index in [0.717, 1.165) is 40.3 Å². The van der Waals surface area contributed by atoms with E-state index in [1.807, 2.05) is 61.5 Å². The van der Waals surface area contributed by atoms with Crippen LogP contribution in [0.15, 0.2) is 109 Å². The lowest BCUT2D eigenvalue weighted by molar-refractivity contribution is 0.587. The molecule has 3 nitrogen and oxygen atoms in total. The van der Waals surface area contributed by atoms with Crippen LogP contribution in [0.4, 0.5) is 0 Å². The third-order valence-electron chi connectivity index (χ3n) is 5.80. The first-order valence-electron chi connectivity index (χ1n) is 11.1. The fourth-order valence-electron chi connectivity index (χ4n) is 4.21. The maximum atomic E-state index is 14.0. The van der Waals surface area contributed by atoms with Crippen LogP contribution in [0, 0.1) is 0 Å². The fraction of sp³-hybridized carbons (Fsp3) is 0.179. The summed E-state index contributed by atoms with van der Waals surface area (Å²) in [5, 5.41) is 1.72. The number of allylic oxidation sites excluding steroid dienone is 9. The number of para-hydroxylation sites is 2. The summed E-state index contributed by atoms with van der Waals surface area (Å²) in [7, 11) is -2.76. The van der Waals surface area contributed by atoms with Crippen molar-refractivity contribution in [2.45, 2.75) is 26.3 Å². The summed E-state index contributed by atoms with van der Waals surface area (Å²) in [5.41, 5.74) is 3.37. The van der Waals surface area contributed by atoms with Crippen LogP contribution >= 0.6 is 7.14 Å². The van der Waals surface area contributed by atoms with Crippen LogP contribution in [0.1, 0.15) is 25.6 Å². The Hall–Kier alpha value is -3.16. The van der Waals surface area contributed by atoms with Gasteiger partial charge in [-0.3, -0.25) is 0 Å². The molecule has 0 spiro atoms. The van der Waals surface area contributed by atoms with Gasteiger partial charge in [0.2, 0.25) is 0 Å². The Kier molecular flexibility index (Phi) is 6.87. The first-order chi connectivity index (χ1) is 15.7. The smallest absolute Gasteiger partial charge is 0.146 e. The van der Waals surface area contributed by atoms with Crippen molar-refractivity contribution >= 4 is 29.1 Å². The van der Waals surface area contributed by atoms with Crippen molar-refractivity contribution in [2.24, 2.45) is 0 Å². The van der Waals surface area contributed by atoms with Crippen molar-refractivity contribution in [3.63, 3.8) is 0 Å². The molecule has 0 saturated carbocycles. The zero-order valence-electron chi connectivity index (χ0n) is 18.5. The molecule has 1 unspecified atom stereocenters. The Morgan fingerprint density at radius 3 is 2.66 bits per heavy atom. The Balaban J connectivity index is 1.68. The van der Waals surface area contributed by atoms with E-state index in [-0.39, 0.29) is 0 Å². The average molecular weight is 441 g/mol. The Morgan fingerprint density at radius 2 is 1.94 bits per heavy atom. The topological polar surface area (TPSA) is 34.9 Å². The summed E-state index contributed by atoms with van der Waals surface area (Å²) < 4.78 is 16.3. The van der Waals surface area contributed by atoms with Gasteiger partial charge in [-0.25, -0.2) is 4.98 Å². The van der Waals surface area contributed by atoms with Crippen molar-refractivity contribution < 1.29 is 4.57 Å². The van der Waals surface area contributed by atoms with Gasteiger partial charge in [-0.15, -0.1) is 6.58 Å². The van der Waals surface area contributed by atoms with Gasteiger partial charge >= 0.3 is 0 Å². The van der Waals surface area contributed by atoms with Crippen LogP contribution < -0.4 is 5.30 Å². The quantitative estimate of drug-likeness (QED) is 0.213. The molecule has 0 radical (unpaired) electrons. The fourth-order valence-corrected chi connectivity index (χ4v) is 6.71. The highest BCUT2D eigenvalue weighted by atomic mass is 31.2. The summed E-state index contributed by atoms with van der Waals surface area (Å²) in [6, 6.07) is 18.0. The summed E-state index contributed by atoms with van der Waals surface area (Å²) in [5.74, 6) is 1.01. The molecule has 4 heteroatoms. The predicted molar refractivity (Wildman–Crippen MR) is 138 cm³/mol. The van der Waals surface area contributed by atoms with Gasteiger partial charge in [-0.2, -0.15) is 0 Å². The SMILES string of the molecule is C=CCP(=O)(C(/C=C\Cn1c(C2=CC=CCC2)nc2ccccc21)=C/C)c1ccccc1. The van der Waals surface area contributed by atoms with Crippen LogP contribution in [-0.2, 0) is 11.1 Å². The molecule has 0 fully saturated rings. The van der Waals surface area contributed by atoms with Crippen LogP contribution in [0.25, 0.3) is 16.6 Å². The number of aromatic nitrogens is 2. The zero-order valence-corrected chi connectivity index (χ0v) is 19.4. The van der Waals surface area contributed by atoms with Crippen LogP contribution in [0.5, 0.6) is 0 Å². The third-order valence-corrected chi connectivity index (χ3v) is 8.95. The molecule has 162 valence electrons. The number of fused-ring (bicyclic) bond motifs is 1. The van der Waals surface area contributed by atoms with Gasteiger partial charge in [0.15, 0.2) is 0 Å². The van der Waals surface area contributed by atoms with E-state index in [2.05, 4.69) is 47.6 Å². The highest BCUT2D eigenvalue weighted by Crippen LogP contribution is 2.53. The molecule has 1 atom stereocenters. The minimum absolute atomic E-state index is 0.444. The Labute approximate surface area is 190 Å². The number of rotatable bonds is 8. The second kappa shape index (κ2) is 9.97. The number of nitrogens with zero attached hydrogens (tertiary/aromatic N) is 2. The molecule has 1 heterocycles. The standard InChI is InChI=1S/C28H29N2OP/c1-3-22-32(31,25-16-9-6-10-17-25)24(4-2)18-13-21-30-27-20-12-11-19-26(27)29-28(30)23-14-7-5-8-15-23/h3-7,9-14,16-20H,1,8,15,21-22H2,2H3/b18-13-,24-4+. The number of hydrogen-bond donors (Lipinski definition) is 0. The minimum atomic E-state index is -2.76. The lowest BCUT2D eigenvalue weighted by atomic mass is 10.0. The molecule has 0 N–H and O–H groups in total. The maximum Gasteiger partial charge on any atom is 0.146 e. The normalized spacial score (nSPS) is 16.3. The first kappa shape index (κ1) is 22.0. The van der Waals surface area contributed by atoms with Gasteiger partial charge in [0.1, 0.15) is 13.0 Å². The predicted octanol–water partition coefficient (Wildman–Crippen LogP) is 7.10. The molecule has 0 aliphatic heterocycles. The molecule has 0 amide bonds. The van der Waals surface area contributed by atoms with E-state index in [9.17, 15) is 4.57 Å². The van der Waals surface area contributed by atoms with Crippen molar-refractivity contribution in [3.8, 4) is 0 Å². The lowest BCUT2D eigenvalue weighted by Gasteiger charge is -2.18. The number of hydrogen-bond acceptors (Lipinski definition) is 2. The van der Waals surface area contributed by atoms with E-state index < -0.39 is 7.14 Å². The number of imidazole rings is 1. The lowest BCUT2D eigenvalue weighted by Crippen LogP contribution is -2.08. The molecule has 3 aromatic rings. The molecule has 1 aromatic heterocycles. The van der Waals surface area contributed by atoms with E-state index in [0.29, 0.717) is 12.7 Å². The monoisotopic (exact) mass is 440 g/mol. The second-order valence-electron chi connectivity index (χ2n) is 7.86. The molecule has 32 heavy (non-hydrogen) atoms. The Bertz CT molecular complexity index is 1280. The van der Waals surface area contributed by atoms with Gasteiger partial charge < -0.3 is 9.13 Å². The van der Waals surface area contributed by atoms with Crippen molar-refractivity contribution in [3.05, 3.63) is 115 Å². The van der Waals surface area contributed by atoms with Crippen LogP contribution in [0.3, 0.4) is 0 Å². The van der Waals surface area contributed by atoms with Gasteiger partial charge in [-0.1, -0.05) is 85.0 Å². The van der Waals surface area contributed by atoms with Crippen LogP contribution in [-0.4, -0.2) is 15.7 Å². The number of benzene rings is 2. The molecule has 0 bridgehead atoms. The zero-order chi connectivity index (χ0) is 22.4.